The van der Waals surface area contributed by atoms with Crippen LogP contribution in [0.4, 0.5) is 28.3 Å². The highest BCUT2D eigenvalue weighted by atomic mass is 19.4. The molecule has 0 amide bonds. The standard InChI is InChI=1S/C35H35F4N7O5/c1-6-19-9-8-10-20(7-2)29(19)46-30(24-17-44(12-11-26(24)42-46)33-40-15-21(16-41-33)35(37,38)39)22-13-25(36)32(50-5)31-23(22)14-27(45(31)34(48)49)51-28(47)18-43(3)4/h8-10,13-16H,6-7,11-12,17-18H2,1-5H3,(H,48,49). The van der Waals surface area contributed by atoms with Gasteiger partial charge in [0.05, 0.1) is 36.3 Å². The minimum Gasteiger partial charge on any atom is -0.492 e. The fourth-order valence-corrected chi connectivity index (χ4v) is 6.46. The Morgan fingerprint density at radius 3 is 2.29 bits per heavy atom. The van der Waals surface area contributed by atoms with Gasteiger partial charge in [-0.3, -0.25) is 9.69 Å². The van der Waals surface area contributed by atoms with Crippen LogP contribution in [0.15, 0.2) is 42.7 Å². The number of aryl methyl sites for hydroxylation is 2. The van der Waals surface area contributed by atoms with Crippen LogP contribution in [-0.4, -0.2) is 80.7 Å². The van der Waals surface area contributed by atoms with Gasteiger partial charge in [-0.1, -0.05) is 32.0 Å². The zero-order chi connectivity index (χ0) is 36.8. The number of methoxy groups -OCH3 is 1. The van der Waals surface area contributed by atoms with Crippen molar-refractivity contribution in [1.82, 2.24) is 29.2 Å². The largest absolute Gasteiger partial charge is 0.492 e. The molecule has 3 aromatic heterocycles. The van der Waals surface area contributed by atoms with Crippen LogP contribution >= 0.6 is 0 Å². The number of carbonyl (C=O) groups excluding carboxylic acids is 1. The molecule has 5 aromatic rings. The second-order valence-electron chi connectivity index (χ2n) is 12.3. The first-order valence-electron chi connectivity index (χ1n) is 16.1. The Morgan fingerprint density at radius 1 is 1.06 bits per heavy atom. The average molecular weight is 710 g/mol. The third-order valence-corrected chi connectivity index (χ3v) is 8.73. The summed E-state index contributed by atoms with van der Waals surface area (Å²) in [6, 6.07) is 8.45. The van der Waals surface area contributed by atoms with Crippen molar-refractivity contribution < 1.29 is 41.7 Å². The smallest absolute Gasteiger partial charge is 0.419 e. The van der Waals surface area contributed by atoms with E-state index in [-0.39, 0.29) is 47.1 Å². The second-order valence-corrected chi connectivity index (χ2v) is 12.3. The molecule has 0 aliphatic carbocycles. The number of likely N-dealkylation sites (N-methyl/N-ethyl adjacent to an activating group) is 1. The number of esters is 1. The summed E-state index contributed by atoms with van der Waals surface area (Å²) >= 11 is 0. The maximum Gasteiger partial charge on any atom is 0.419 e. The average Bonchev–Trinajstić information content (AvgIpc) is 3.65. The predicted octanol–water partition coefficient (Wildman–Crippen LogP) is 6.13. The van der Waals surface area contributed by atoms with Crippen LogP contribution in [0.3, 0.4) is 0 Å². The van der Waals surface area contributed by atoms with Crippen molar-refractivity contribution in [2.24, 2.45) is 0 Å². The van der Waals surface area contributed by atoms with Crippen LogP contribution in [0.5, 0.6) is 11.6 Å². The highest BCUT2D eigenvalue weighted by molar-refractivity contribution is 6.04. The number of anilines is 1. The summed E-state index contributed by atoms with van der Waals surface area (Å²) in [5, 5.41) is 15.6. The Bertz CT molecular complexity index is 2120. The third kappa shape index (κ3) is 6.46. The first kappa shape index (κ1) is 35.3. The van der Waals surface area contributed by atoms with Crippen molar-refractivity contribution in [3.63, 3.8) is 0 Å². The molecule has 6 rings (SSSR count). The number of para-hydroxylation sites is 1. The maximum atomic E-state index is 16.2. The zero-order valence-electron chi connectivity index (χ0n) is 28.5. The lowest BCUT2D eigenvalue weighted by molar-refractivity contribution is -0.138. The Kier molecular flexibility index (Phi) is 9.46. The van der Waals surface area contributed by atoms with E-state index in [9.17, 15) is 27.9 Å². The Hall–Kier alpha value is -5.51. The number of halogens is 4. The zero-order valence-corrected chi connectivity index (χ0v) is 28.5. The monoisotopic (exact) mass is 709 g/mol. The van der Waals surface area contributed by atoms with Gasteiger partial charge in [0.1, 0.15) is 5.52 Å². The predicted molar refractivity (Wildman–Crippen MR) is 179 cm³/mol. The molecule has 0 saturated heterocycles. The molecule has 0 fully saturated rings. The van der Waals surface area contributed by atoms with Crippen LogP contribution in [-0.2, 0) is 36.8 Å². The topological polar surface area (TPSA) is 128 Å². The third-order valence-electron chi connectivity index (χ3n) is 8.73. The summed E-state index contributed by atoms with van der Waals surface area (Å²) in [6.07, 6.45) is -3.09. The number of fused-ring (bicyclic) bond motifs is 2. The lowest BCUT2D eigenvalue weighted by atomic mass is 9.97. The molecule has 16 heteroatoms. The summed E-state index contributed by atoms with van der Waals surface area (Å²) in [5.74, 6) is -2.31. The van der Waals surface area contributed by atoms with E-state index in [1.807, 2.05) is 32.0 Å². The van der Waals surface area contributed by atoms with Crippen molar-refractivity contribution in [2.45, 2.75) is 45.8 Å². The van der Waals surface area contributed by atoms with E-state index in [0.29, 0.717) is 47.3 Å². The molecule has 0 atom stereocenters. The van der Waals surface area contributed by atoms with Crippen molar-refractivity contribution in [2.75, 3.05) is 39.2 Å². The van der Waals surface area contributed by atoms with E-state index in [1.54, 1.807) is 28.6 Å². The summed E-state index contributed by atoms with van der Waals surface area (Å²) in [5.41, 5.74) is 3.40. The van der Waals surface area contributed by atoms with Crippen LogP contribution < -0.4 is 14.4 Å². The second kappa shape index (κ2) is 13.7. The number of hydrogen-bond acceptors (Lipinski definition) is 9. The first-order chi connectivity index (χ1) is 24.3. The van der Waals surface area contributed by atoms with Gasteiger partial charge >= 0.3 is 18.2 Å². The molecule has 0 saturated carbocycles. The molecular weight excluding hydrogens is 674 g/mol. The highest BCUT2D eigenvalue weighted by Gasteiger charge is 2.34. The van der Waals surface area contributed by atoms with Gasteiger partial charge in [0, 0.05) is 54.5 Å². The molecule has 12 nitrogen and oxygen atoms in total. The molecule has 0 unspecified atom stereocenters. The number of alkyl halides is 3. The summed E-state index contributed by atoms with van der Waals surface area (Å²) in [7, 11) is 4.49. The molecule has 0 spiro atoms. The first-order valence-corrected chi connectivity index (χ1v) is 16.1. The molecule has 0 bridgehead atoms. The number of nitrogens with zero attached hydrogens (tertiary/aromatic N) is 7. The molecule has 2 aromatic carbocycles. The van der Waals surface area contributed by atoms with Gasteiger partial charge in [0.25, 0.3) is 0 Å². The molecular formula is C35H35F4N7O5. The Morgan fingerprint density at radius 2 is 1.73 bits per heavy atom. The van der Waals surface area contributed by atoms with Crippen molar-refractivity contribution >= 4 is 28.9 Å². The molecule has 0 radical (unpaired) electrons. The molecule has 51 heavy (non-hydrogen) atoms. The number of carbonyl (C=O) groups is 2. The van der Waals surface area contributed by atoms with Gasteiger partial charge in [-0.25, -0.2) is 28.4 Å². The van der Waals surface area contributed by atoms with Gasteiger partial charge < -0.3 is 19.5 Å². The van der Waals surface area contributed by atoms with Crippen molar-refractivity contribution in [3.8, 4) is 28.6 Å². The fourth-order valence-electron chi connectivity index (χ4n) is 6.46. The molecule has 268 valence electrons. The highest BCUT2D eigenvalue weighted by Crippen LogP contribution is 2.44. The molecule has 1 aliphatic heterocycles. The SMILES string of the molecule is CCc1cccc(CC)c1-n1nc2c(c1-c1cc(F)c(OC)c3c1cc(OC(=O)CN(C)C)n3C(=O)O)CN(c1ncc(C(F)(F)F)cn1)CC2. The Balaban J connectivity index is 1.64. The Labute approximate surface area is 289 Å². The number of carboxylic acid groups (broad SMARTS) is 1. The van der Waals surface area contributed by atoms with Crippen molar-refractivity contribution in [1.29, 1.82) is 0 Å². The lowest BCUT2D eigenvalue weighted by Crippen LogP contribution is -2.31. The van der Waals surface area contributed by atoms with E-state index in [0.717, 1.165) is 29.2 Å². The lowest BCUT2D eigenvalue weighted by Gasteiger charge is -2.27. The number of aromatic nitrogens is 5. The molecule has 4 heterocycles. The minimum atomic E-state index is -4.61. The quantitative estimate of drug-likeness (QED) is 0.141. The number of hydrogen-bond donors (Lipinski definition) is 1. The van der Waals surface area contributed by atoms with E-state index >= 15 is 4.39 Å². The summed E-state index contributed by atoms with van der Waals surface area (Å²) in [6.45, 7) is 4.26. The summed E-state index contributed by atoms with van der Waals surface area (Å²) in [4.78, 5) is 36.7. The van der Waals surface area contributed by atoms with E-state index < -0.39 is 29.6 Å². The fraction of sp³-hybridized carbons (Fsp3) is 0.343. The molecule has 1 N–H and O–H groups in total. The van der Waals surface area contributed by atoms with Gasteiger partial charge in [-0.2, -0.15) is 18.3 Å². The maximum absolute atomic E-state index is 16.2. The molecule has 1 aliphatic rings. The van der Waals surface area contributed by atoms with E-state index in [2.05, 4.69) is 9.97 Å². The minimum absolute atomic E-state index is 0.0636. The normalized spacial score (nSPS) is 13.2. The number of benzene rings is 2. The summed E-state index contributed by atoms with van der Waals surface area (Å²) < 4.78 is 69.4. The van der Waals surface area contributed by atoms with Crippen LogP contribution in [0.2, 0.25) is 0 Å². The number of ether oxygens (including phenoxy) is 2. The van der Waals surface area contributed by atoms with Gasteiger partial charge in [0.15, 0.2) is 11.6 Å². The number of rotatable bonds is 9. The van der Waals surface area contributed by atoms with Crippen LogP contribution in [0.1, 0.15) is 41.8 Å². The van der Waals surface area contributed by atoms with Gasteiger partial charge in [0.2, 0.25) is 11.8 Å². The van der Waals surface area contributed by atoms with Crippen LogP contribution in [0.25, 0.3) is 27.8 Å². The van der Waals surface area contributed by atoms with Gasteiger partial charge in [-0.15, -0.1) is 0 Å². The van der Waals surface area contributed by atoms with E-state index in [1.165, 1.54) is 19.2 Å². The van der Waals surface area contributed by atoms with E-state index in [4.69, 9.17) is 14.6 Å². The van der Waals surface area contributed by atoms with Crippen molar-refractivity contribution in [3.05, 3.63) is 76.5 Å². The van der Waals surface area contributed by atoms with Gasteiger partial charge in [-0.05, 0) is 44.1 Å². The van der Waals surface area contributed by atoms with Crippen LogP contribution in [0, 0.1) is 5.82 Å².